The van der Waals surface area contributed by atoms with Gasteiger partial charge < -0.3 is 5.11 Å². The molecule has 0 fully saturated rings. The van der Waals surface area contributed by atoms with Crippen LogP contribution >= 0.6 is 12.4 Å². The number of aliphatic hydroxyl groups is 1. The Balaban J connectivity index is -0.0000000267. The molecule has 0 amide bonds. The fraction of sp³-hybridized carbons (Fsp3) is 1.00. The van der Waals surface area contributed by atoms with Crippen LogP contribution in [0.3, 0.4) is 0 Å². The van der Waals surface area contributed by atoms with E-state index in [0.29, 0.717) is 0 Å². The summed E-state index contributed by atoms with van der Waals surface area (Å²) in [6, 6.07) is 0. The molecule has 8 heavy (non-hydrogen) atoms. The van der Waals surface area contributed by atoms with E-state index in [2.05, 4.69) is 0 Å². The summed E-state index contributed by atoms with van der Waals surface area (Å²) < 4.78 is 0. The summed E-state index contributed by atoms with van der Waals surface area (Å²) in [4.78, 5) is 0. The second-order valence-electron chi connectivity index (χ2n) is 2.17. The third-order valence-corrected chi connectivity index (χ3v) is 0. The van der Waals surface area contributed by atoms with Gasteiger partial charge in [-0.3, -0.25) is 0 Å². The quantitative estimate of drug-likeness (QED) is 0.711. The van der Waals surface area contributed by atoms with Gasteiger partial charge in [0.15, 0.2) is 0 Å². The van der Waals surface area contributed by atoms with Crippen molar-refractivity contribution in [3.05, 3.63) is 0 Å². The number of hydrogen-bond donors (Lipinski definition) is 1. The molecule has 0 rings (SSSR count). The summed E-state index contributed by atoms with van der Waals surface area (Å²) in [5.74, 6) is 0. The number of hydrogen-bond acceptors (Lipinski definition) is 1. The van der Waals surface area contributed by atoms with E-state index in [1.807, 2.05) is 0 Å². The summed E-state index contributed by atoms with van der Waals surface area (Å²) in [6.07, 6.45) is 0. The fourth-order valence-corrected chi connectivity index (χ4v) is 0. The fourth-order valence-electron chi connectivity index (χ4n) is 0. The first-order valence-corrected chi connectivity index (χ1v) is 1.72. The largest absolute Gasteiger partial charge is 0.391 e. The standard InChI is InChI=1S/C4H10O.ClH.2Zr/c1-4(2,3)5;;;/h5H,1-3H3;1H;;. The molecule has 0 unspecified atom stereocenters. The molecule has 0 saturated carbocycles. The smallest absolute Gasteiger partial charge is 0.0563 e. The zero-order valence-electron chi connectivity index (χ0n) is 5.36. The second-order valence-corrected chi connectivity index (χ2v) is 2.17. The van der Waals surface area contributed by atoms with Crippen molar-refractivity contribution in [2.24, 2.45) is 0 Å². The molecule has 0 aromatic carbocycles. The molecule has 0 radical (unpaired) electrons. The molecule has 48 valence electrons. The molecule has 1 nitrogen and oxygen atoms in total. The Kier molecular flexibility index (Phi) is 25.4. The topological polar surface area (TPSA) is 20.2 Å². The van der Waals surface area contributed by atoms with Gasteiger partial charge >= 0.3 is 0 Å². The van der Waals surface area contributed by atoms with E-state index < -0.39 is 5.60 Å². The van der Waals surface area contributed by atoms with E-state index >= 15 is 0 Å². The van der Waals surface area contributed by atoms with Crippen molar-refractivity contribution < 1.29 is 57.5 Å². The van der Waals surface area contributed by atoms with Crippen LogP contribution < -0.4 is 0 Å². The van der Waals surface area contributed by atoms with Crippen LogP contribution in [0.25, 0.3) is 0 Å². The summed E-state index contributed by atoms with van der Waals surface area (Å²) in [5.41, 5.74) is -0.500. The van der Waals surface area contributed by atoms with E-state index in [0.717, 1.165) is 0 Å². The molecule has 0 aromatic rings. The molecular weight excluding hydrogens is 282 g/mol. The van der Waals surface area contributed by atoms with Gasteiger partial charge in [0.2, 0.25) is 0 Å². The molecule has 0 aliphatic heterocycles. The number of halogens is 1. The van der Waals surface area contributed by atoms with Crippen molar-refractivity contribution in [3.63, 3.8) is 0 Å². The van der Waals surface area contributed by atoms with E-state index in [1.54, 1.807) is 20.8 Å². The average Bonchev–Trinajstić information content (AvgIpc) is 0.722. The minimum Gasteiger partial charge on any atom is -0.391 e. The van der Waals surface area contributed by atoms with Gasteiger partial charge in [0, 0.05) is 52.4 Å². The van der Waals surface area contributed by atoms with Crippen LogP contribution in [-0.4, -0.2) is 10.7 Å². The van der Waals surface area contributed by atoms with E-state index in [1.165, 1.54) is 0 Å². The maximum atomic E-state index is 8.52. The third kappa shape index (κ3) is 97.1. The average molecular weight is 293 g/mol. The van der Waals surface area contributed by atoms with Crippen molar-refractivity contribution in [2.75, 3.05) is 0 Å². The maximum Gasteiger partial charge on any atom is 0.0563 e. The van der Waals surface area contributed by atoms with Crippen molar-refractivity contribution in [3.8, 4) is 0 Å². The Labute approximate surface area is 95.3 Å². The zero-order valence-corrected chi connectivity index (χ0v) is 11.1. The van der Waals surface area contributed by atoms with E-state index in [4.69, 9.17) is 5.11 Å². The predicted molar refractivity (Wildman–Crippen MR) is 29.2 cm³/mol. The van der Waals surface area contributed by atoms with Crippen molar-refractivity contribution in [1.82, 2.24) is 0 Å². The Hall–Kier alpha value is 2.02. The van der Waals surface area contributed by atoms with Crippen LogP contribution in [-0.2, 0) is 52.4 Å². The van der Waals surface area contributed by atoms with E-state index in [9.17, 15) is 0 Å². The first-order chi connectivity index (χ1) is 2.00. The molecule has 0 aliphatic carbocycles. The van der Waals surface area contributed by atoms with Gasteiger partial charge in [0.05, 0.1) is 5.60 Å². The predicted octanol–water partition coefficient (Wildman–Crippen LogP) is 1.19. The normalized spacial score (nSPS) is 7.50. The molecular formula is C4H11ClOZr2. The summed E-state index contributed by atoms with van der Waals surface area (Å²) in [7, 11) is 0. The number of rotatable bonds is 0. The van der Waals surface area contributed by atoms with Gasteiger partial charge in [-0.2, -0.15) is 0 Å². The molecule has 0 heterocycles. The van der Waals surface area contributed by atoms with Gasteiger partial charge in [-0.25, -0.2) is 0 Å². The minimum atomic E-state index is -0.500. The van der Waals surface area contributed by atoms with Gasteiger partial charge in [-0.05, 0) is 20.8 Å². The van der Waals surface area contributed by atoms with Crippen LogP contribution in [0, 0.1) is 0 Å². The molecule has 0 atom stereocenters. The Morgan fingerprint density at radius 2 is 1.00 bits per heavy atom. The van der Waals surface area contributed by atoms with Crippen molar-refractivity contribution in [2.45, 2.75) is 26.4 Å². The maximum absolute atomic E-state index is 8.52. The molecule has 0 saturated heterocycles. The first kappa shape index (κ1) is 22.5. The monoisotopic (exact) mass is 290 g/mol. The Morgan fingerprint density at radius 1 is 1.00 bits per heavy atom. The van der Waals surface area contributed by atoms with Gasteiger partial charge in [0.1, 0.15) is 0 Å². The Bertz CT molecular complexity index is 29.5. The van der Waals surface area contributed by atoms with Gasteiger partial charge in [0.25, 0.3) is 0 Å². The van der Waals surface area contributed by atoms with E-state index in [-0.39, 0.29) is 64.8 Å². The molecule has 4 heteroatoms. The SMILES string of the molecule is CC(C)(C)O.Cl.[Zr].[Zr]. The van der Waals surface area contributed by atoms with Crippen molar-refractivity contribution >= 4 is 12.4 Å². The van der Waals surface area contributed by atoms with Gasteiger partial charge in [-0.1, -0.05) is 0 Å². The third-order valence-electron chi connectivity index (χ3n) is 0. The van der Waals surface area contributed by atoms with Crippen LogP contribution in [0.15, 0.2) is 0 Å². The molecule has 0 aliphatic rings. The van der Waals surface area contributed by atoms with Crippen molar-refractivity contribution in [1.29, 1.82) is 0 Å². The van der Waals surface area contributed by atoms with Gasteiger partial charge in [-0.15, -0.1) is 12.4 Å². The second kappa shape index (κ2) is 9.02. The molecule has 1 N–H and O–H groups in total. The molecule has 0 bridgehead atoms. The first-order valence-electron chi connectivity index (χ1n) is 1.72. The van der Waals surface area contributed by atoms with Crippen LogP contribution in [0.5, 0.6) is 0 Å². The zero-order chi connectivity index (χ0) is 4.50. The van der Waals surface area contributed by atoms with Crippen LogP contribution in [0.2, 0.25) is 0 Å². The molecule has 0 spiro atoms. The Morgan fingerprint density at radius 3 is 1.00 bits per heavy atom. The van der Waals surface area contributed by atoms with Crippen LogP contribution in [0.4, 0.5) is 0 Å². The van der Waals surface area contributed by atoms with Crippen LogP contribution in [0.1, 0.15) is 20.8 Å². The summed E-state index contributed by atoms with van der Waals surface area (Å²) in [6.45, 7) is 5.23. The summed E-state index contributed by atoms with van der Waals surface area (Å²) in [5, 5.41) is 8.52. The summed E-state index contributed by atoms with van der Waals surface area (Å²) >= 11 is 0. The molecule has 0 aromatic heterocycles. The minimum absolute atomic E-state index is 0.